The van der Waals surface area contributed by atoms with Crippen LogP contribution in [0.2, 0.25) is 4.34 Å². The van der Waals surface area contributed by atoms with E-state index in [2.05, 4.69) is 20.8 Å². The molecule has 0 atom stereocenters. The molecule has 6 heteroatoms. The van der Waals surface area contributed by atoms with Gasteiger partial charge >= 0.3 is 5.97 Å². The summed E-state index contributed by atoms with van der Waals surface area (Å²) < 4.78 is 1.71. The van der Waals surface area contributed by atoms with E-state index in [4.69, 9.17) is 16.7 Å². The average molecular weight is 387 g/mol. The zero-order chi connectivity index (χ0) is 15.4. The summed E-state index contributed by atoms with van der Waals surface area (Å²) in [4.78, 5) is 13.9. The number of carboxylic acids is 1. The Morgan fingerprint density at radius 3 is 2.81 bits per heavy atom. The van der Waals surface area contributed by atoms with E-state index in [1.165, 1.54) is 11.3 Å². The molecule has 3 nitrogen and oxygen atoms in total. The molecule has 2 aromatic rings. The van der Waals surface area contributed by atoms with Crippen molar-refractivity contribution < 1.29 is 9.90 Å². The lowest BCUT2D eigenvalue weighted by Gasteiger charge is -2.21. The topological polar surface area (TPSA) is 40.5 Å². The van der Waals surface area contributed by atoms with Crippen molar-refractivity contribution in [3.63, 3.8) is 0 Å². The molecule has 1 N–H and O–H groups in total. The fourth-order valence-corrected chi connectivity index (χ4v) is 3.40. The number of hydrogen-bond donors (Lipinski definition) is 1. The molecule has 0 amide bonds. The Kier molecular flexibility index (Phi) is 5.45. The van der Waals surface area contributed by atoms with Crippen molar-refractivity contribution in [2.75, 3.05) is 11.9 Å². The molecule has 21 heavy (non-hydrogen) atoms. The summed E-state index contributed by atoms with van der Waals surface area (Å²) in [5, 5.41) is 8.77. The summed E-state index contributed by atoms with van der Waals surface area (Å²) in [6, 6.07) is 9.62. The van der Waals surface area contributed by atoms with Crippen LogP contribution in [0.25, 0.3) is 6.08 Å². The molecule has 0 bridgehead atoms. The summed E-state index contributed by atoms with van der Waals surface area (Å²) >= 11 is 10.9. The predicted octanol–water partition coefficient (Wildman–Crippen LogP) is 4.90. The molecule has 0 radical (unpaired) electrons. The summed E-state index contributed by atoms with van der Waals surface area (Å²) in [6.45, 7) is 0.710. The molecule has 2 rings (SSSR count). The van der Waals surface area contributed by atoms with Gasteiger partial charge in [-0.15, -0.1) is 11.3 Å². The summed E-state index contributed by atoms with van der Waals surface area (Å²) in [7, 11) is 1.97. The fraction of sp³-hybridized carbons (Fsp3) is 0.133. The maximum atomic E-state index is 10.7. The molecular weight excluding hydrogens is 374 g/mol. The minimum absolute atomic E-state index is 0.710. The second kappa shape index (κ2) is 7.11. The van der Waals surface area contributed by atoms with Crippen LogP contribution in [-0.4, -0.2) is 18.1 Å². The number of rotatable bonds is 5. The third-order valence-electron chi connectivity index (χ3n) is 2.83. The van der Waals surface area contributed by atoms with Crippen LogP contribution in [-0.2, 0) is 11.3 Å². The number of carbonyl (C=O) groups is 1. The van der Waals surface area contributed by atoms with Crippen LogP contribution in [0.15, 0.2) is 40.9 Å². The quantitative estimate of drug-likeness (QED) is 0.743. The van der Waals surface area contributed by atoms with Gasteiger partial charge in [0.2, 0.25) is 0 Å². The predicted molar refractivity (Wildman–Crippen MR) is 92.2 cm³/mol. The first-order chi connectivity index (χ1) is 9.95. The maximum absolute atomic E-state index is 10.7. The molecule has 1 heterocycles. The van der Waals surface area contributed by atoms with Gasteiger partial charge in [0.25, 0.3) is 0 Å². The molecule has 1 aromatic heterocycles. The molecule has 0 fully saturated rings. The standard InChI is InChI=1S/C15H13BrClNO2S/c1-18(9-12-5-6-14(17)21-12)13-8-11(16)4-2-10(13)3-7-15(19)20/h2-8H,9H2,1H3,(H,19,20). The molecule has 0 spiro atoms. The van der Waals surface area contributed by atoms with Crippen LogP contribution in [0, 0.1) is 0 Å². The molecule has 110 valence electrons. The lowest BCUT2D eigenvalue weighted by Crippen LogP contribution is -2.16. The number of nitrogens with zero attached hydrogens (tertiary/aromatic N) is 1. The SMILES string of the molecule is CN(Cc1ccc(Cl)s1)c1cc(Br)ccc1C=CC(=O)O. The van der Waals surface area contributed by atoms with Crippen LogP contribution in [0.1, 0.15) is 10.4 Å². The number of anilines is 1. The normalized spacial score (nSPS) is 11.0. The summed E-state index contributed by atoms with van der Waals surface area (Å²) in [5.74, 6) is -0.962. The van der Waals surface area contributed by atoms with Gasteiger partial charge in [-0.05, 0) is 35.9 Å². The Hall–Kier alpha value is -1.30. The molecule has 0 aliphatic carbocycles. The van der Waals surface area contributed by atoms with Crippen molar-refractivity contribution in [2.24, 2.45) is 0 Å². The van der Waals surface area contributed by atoms with Gasteiger partial charge in [-0.3, -0.25) is 0 Å². The van der Waals surface area contributed by atoms with E-state index >= 15 is 0 Å². The van der Waals surface area contributed by atoms with Crippen molar-refractivity contribution in [1.29, 1.82) is 0 Å². The molecule has 0 saturated carbocycles. The van der Waals surface area contributed by atoms with E-state index in [0.717, 1.165) is 31.0 Å². The van der Waals surface area contributed by atoms with E-state index in [-0.39, 0.29) is 0 Å². The first kappa shape index (κ1) is 16.1. The largest absolute Gasteiger partial charge is 0.478 e. The first-order valence-electron chi connectivity index (χ1n) is 6.11. The van der Waals surface area contributed by atoms with Crippen LogP contribution in [0.3, 0.4) is 0 Å². The summed E-state index contributed by atoms with van der Waals surface area (Å²) in [5.41, 5.74) is 1.80. The lowest BCUT2D eigenvalue weighted by molar-refractivity contribution is -0.131. The third-order valence-corrected chi connectivity index (χ3v) is 4.54. The minimum atomic E-state index is -0.962. The highest BCUT2D eigenvalue weighted by Crippen LogP contribution is 2.29. The van der Waals surface area contributed by atoms with Gasteiger partial charge in [0, 0.05) is 28.2 Å². The Balaban J connectivity index is 2.27. The Bertz CT molecular complexity index is 684. The second-order valence-corrected chi connectivity index (χ2v) is 7.15. The van der Waals surface area contributed by atoms with Crippen LogP contribution in [0.4, 0.5) is 5.69 Å². The second-order valence-electron chi connectivity index (χ2n) is 4.44. The van der Waals surface area contributed by atoms with E-state index in [0.29, 0.717) is 6.54 Å². The number of carboxylic acid groups (broad SMARTS) is 1. The molecule has 1 aromatic carbocycles. The first-order valence-corrected chi connectivity index (χ1v) is 8.10. The molecule has 0 aliphatic heterocycles. The van der Waals surface area contributed by atoms with Crippen LogP contribution < -0.4 is 4.90 Å². The minimum Gasteiger partial charge on any atom is -0.478 e. The smallest absolute Gasteiger partial charge is 0.328 e. The molecular formula is C15H13BrClNO2S. The third kappa shape index (κ3) is 4.59. The zero-order valence-electron chi connectivity index (χ0n) is 11.2. The van der Waals surface area contributed by atoms with Crippen LogP contribution >= 0.6 is 38.9 Å². The van der Waals surface area contributed by atoms with E-state index in [9.17, 15) is 4.79 Å². The van der Waals surface area contributed by atoms with Crippen molar-refractivity contribution in [1.82, 2.24) is 0 Å². The van der Waals surface area contributed by atoms with Crippen molar-refractivity contribution in [3.05, 3.63) is 55.7 Å². The van der Waals surface area contributed by atoms with Gasteiger partial charge < -0.3 is 10.0 Å². The highest BCUT2D eigenvalue weighted by molar-refractivity contribution is 9.10. The van der Waals surface area contributed by atoms with E-state index in [1.807, 2.05) is 37.4 Å². The lowest BCUT2D eigenvalue weighted by atomic mass is 10.1. The molecule has 0 saturated heterocycles. The van der Waals surface area contributed by atoms with Gasteiger partial charge in [-0.2, -0.15) is 0 Å². The highest BCUT2D eigenvalue weighted by Gasteiger charge is 2.09. The van der Waals surface area contributed by atoms with Crippen molar-refractivity contribution in [3.8, 4) is 0 Å². The number of benzene rings is 1. The van der Waals surface area contributed by atoms with Gasteiger partial charge in [0.1, 0.15) is 0 Å². The monoisotopic (exact) mass is 385 g/mol. The number of hydrogen-bond acceptors (Lipinski definition) is 3. The van der Waals surface area contributed by atoms with Gasteiger partial charge in [-0.1, -0.05) is 33.6 Å². The van der Waals surface area contributed by atoms with Gasteiger partial charge in [-0.25, -0.2) is 4.79 Å². The number of thiophene rings is 1. The molecule has 0 aliphatic rings. The number of halogens is 2. The Morgan fingerprint density at radius 2 is 2.19 bits per heavy atom. The van der Waals surface area contributed by atoms with Crippen LogP contribution in [0.5, 0.6) is 0 Å². The molecule has 0 unspecified atom stereocenters. The van der Waals surface area contributed by atoms with E-state index < -0.39 is 5.97 Å². The number of aliphatic carboxylic acids is 1. The van der Waals surface area contributed by atoms with Crippen molar-refractivity contribution in [2.45, 2.75) is 6.54 Å². The van der Waals surface area contributed by atoms with Gasteiger partial charge in [0.15, 0.2) is 0 Å². The average Bonchev–Trinajstić information content (AvgIpc) is 2.82. The highest BCUT2D eigenvalue weighted by atomic mass is 79.9. The van der Waals surface area contributed by atoms with Crippen molar-refractivity contribution >= 4 is 56.6 Å². The maximum Gasteiger partial charge on any atom is 0.328 e. The van der Waals surface area contributed by atoms with E-state index in [1.54, 1.807) is 6.08 Å². The Morgan fingerprint density at radius 1 is 1.43 bits per heavy atom. The summed E-state index contributed by atoms with van der Waals surface area (Å²) in [6.07, 6.45) is 2.74. The zero-order valence-corrected chi connectivity index (χ0v) is 14.4. The fourth-order valence-electron chi connectivity index (χ4n) is 1.91. The van der Waals surface area contributed by atoms with Gasteiger partial charge in [0.05, 0.1) is 10.9 Å². The Labute approximate surface area is 140 Å².